The Bertz CT molecular complexity index is 285. The van der Waals surface area contributed by atoms with Gasteiger partial charge in [0.1, 0.15) is 11.6 Å². The quantitative estimate of drug-likeness (QED) is 0.717. The zero-order valence-electron chi connectivity index (χ0n) is 11.7. The topological polar surface area (TPSA) is 76.1 Å². The summed E-state index contributed by atoms with van der Waals surface area (Å²) in [7, 11) is 2.33. The van der Waals surface area contributed by atoms with E-state index in [-0.39, 0.29) is 5.97 Å². The van der Waals surface area contributed by atoms with E-state index < -0.39 is 17.7 Å². The molecule has 6 nitrogen and oxygen atoms in total. The molecule has 1 unspecified atom stereocenters. The van der Waals surface area contributed by atoms with Crippen molar-refractivity contribution in [3.05, 3.63) is 0 Å². The first-order chi connectivity index (χ1) is 8.35. The van der Waals surface area contributed by atoms with E-state index in [1.54, 1.807) is 20.8 Å². The summed E-state index contributed by atoms with van der Waals surface area (Å²) in [6, 6.07) is -0.486. The van der Waals surface area contributed by atoms with Crippen molar-refractivity contribution in [3.63, 3.8) is 0 Å². The van der Waals surface area contributed by atoms with Gasteiger partial charge in [0.05, 0.1) is 7.11 Å². The average Bonchev–Trinajstić information content (AvgIpc) is 2.77. The minimum absolute atomic E-state index is 0.372. The molecule has 0 spiro atoms. The van der Waals surface area contributed by atoms with Gasteiger partial charge < -0.3 is 14.6 Å². The Morgan fingerprint density at radius 3 is 2.28 bits per heavy atom. The molecular weight excluding hydrogens is 238 g/mol. The molecule has 0 radical (unpaired) electrons. The Labute approximate surface area is 108 Å². The van der Waals surface area contributed by atoms with E-state index in [4.69, 9.17) is 9.84 Å². The molecule has 1 amide bonds. The van der Waals surface area contributed by atoms with E-state index in [9.17, 15) is 9.59 Å². The van der Waals surface area contributed by atoms with Gasteiger partial charge in [-0.2, -0.15) is 0 Å². The van der Waals surface area contributed by atoms with Crippen LogP contribution in [0, 0.1) is 0 Å². The zero-order chi connectivity index (χ0) is 14.3. The highest BCUT2D eigenvalue weighted by molar-refractivity contribution is 5.82. The van der Waals surface area contributed by atoms with Gasteiger partial charge in [0.25, 0.3) is 0 Å². The summed E-state index contributed by atoms with van der Waals surface area (Å²) < 4.78 is 9.88. The van der Waals surface area contributed by atoms with Crippen molar-refractivity contribution in [2.75, 3.05) is 20.8 Å². The fourth-order valence-corrected chi connectivity index (χ4v) is 1.69. The highest BCUT2D eigenvalue weighted by Crippen LogP contribution is 2.21. The van der Waals surface area contributed by atoms with Gasteiger partial charge in [-0.05, 0) is 33.6 Å². The standard InChI is InChI=1S/C11H19NO4.CH4O/c1-11(2,3)16-10(14)12-7-5-6-8(12)9(13)15-4;1-2/h8H,5-7H2,1-4H3;2H,1H3. The van der Waals surface area contributed by atoms with Crippen LogP contribution in [0.2, 0.25) is 0 Å². The maximum Gasteiger partial charge on any atom is 0.411 e. The summed E-state index contributed by atoms with van der Waals surface area (Å²) in [5.74, 6) is -0.372. The predicted molar refractivity (Wildman–Crippen MR) is 66.1 cm³/mol. The number of carbonyl (C=O) groups is 2. The van der Waals surface area contributed by atoms with Crippen molar-refractivity contribution in [1.29, 1.82) is 0 Å². The minimum Gasteiger partial charge on any atom is -0.467 e. The molecule has 0 aromatic rings. The Kier molecular flexibility index (Phi) is 6.68. The number of aliphatic hydroxyl groups is 1. The van der Waals surface area contributed by atoms with Gasteiger partial charge >= 0.3 is 12.1 Å². The second kappa shape index (κ2) is 7.20. The van der Waals surface area contributed by atoms with Crippen molar-refractivity contribution in [2.45, 2.75) is 45.3 Å². The summed E-state index contributed by atoms with van der Waals surface area (Å²) >= 11 is 0. The number of aliphatic hydroxyl groups excluding tert-OH is 1. The Balaban J connectivity index is 0.00000137. The minimum atomic E-state index is -0.541. The van der Waals surface area contributed by atoms with E-state index in [2.05, 4.69) is 4.74 Å². The third-order valence-corrected chi connectivity index (χ3v) is 2.35. The van der Waals surface area contributed by atoms with Crippen molar-refractivity contribution in [3.8, 4) is 0 Å². The van der Waals surface area contributed by atoms with Crippen LogP contribution in [-0.2, 0) is 14.3 Å². The van der Waals surface area contributed by atoms with E-state index >= 15 is 0 Å². The van der Waals surface area contributed by atoms with Crippen LogP contribution < -0.4 is 0 Å². The number of methoxy groups -OCH3 is 1. The van der Waals surface area contributed by atoms with E-state index in [0.717, 1.165) is 13.5 Å². The van der Waals surface area contributed by atoms with Gasteiger partial charge in [0.2, 0.25) is 0 Å². The van der Waals surface area contributed by atoms with Crippen LogP contribution in [0.5, 0.6) is 0 Å². The van der Waals surface area contributed by atoms with Gasteiger partial charge in [0, 0.05) is 13.7 Å². The van der Waals surface area contributed by atoms with E-state index in [1.165, 1.54) is 12.0 Å². The number of ether oxygens (including phenoxy) is 2. The maximum atomic E-state index is 11.8. The van der Waals surface area contributed by atoms with Crippen LogP contribution in [-0.4, -0.2) is 54.5 Å². The molecule has 0 bridgehead atoms. The molecule has 1 aliphatic rings. The number of hydrogen-bond donors (Lipinski definition) is 1. The summed E-state index contributed by atoms with van der Waals surface area (Å²) in [5, 5.41) is 7.00. The molecule has 1 heterocycles. The van der Waals surface area contributed by atoms with Gasteiger partial charge in [-0.15, -0.1) is 0 Å². The summed E-state index contributed by atoms with van der Waals surface area (Å²) in [4.78, 5) is 24.7. The normalized spacial score (nSPS) is 18.8. The molecule has 1 aliphatic heterocycles. The van der Waals surface area contributed by atoms with Gasteiger partial charge in [-0.3, -0.25) is 4.90 Å². The van der Waals surface area contributed by atoms with Gasteiger partial charge in [-0.25, -0.2) is 9.59 Å². The predicted octanol–water partition coefficient (Wildman–Crippen LogP) is 1.17. The van der Waals surface area contributed by atoms with Crippen LogP contribution >= 0.6 is 0 Å². The molecule has 106 valence electrons. The Hall–Kier alpha value is -1.30. The number of hydrogen-bond acceptors (Lipinski definition) is 5. The number of carbonyl (C=O) groups excluding carboxylic acids is 2. The SMILES string of the molecule is CO.COC(=O)C1CCCN1C(=O)OC(C)(C)C. The molecule has 1 fully saturated rings. The molecule has 1 N–H and O–H groups in total. The van der Waals surface area contributed by atoms with Crippen LogP contribution in [0.3, 0.4) is 0 Å². The molecular formula is C12H23NO5. The van der Waals surface area contributed by atoms with E-state index in [1.807, 2.05) is 0 Å². The van der Waals surface area contributed by atoms with Crippen molar-refractivity contribution < 1.29 is 24.2 Å². The van der Waals surface area contributed by atoms with Gasteiger partial charge in [0.15, 0.2) is 0 Å². The lowest BCUT2D eigenvalue weighted by molar-refractivity contribution is -0.145. The lowest BCUT2D eigenvalue weighted by Crippen LogP contribution is -2.43. The summed E-state index contributed by atoms with van der Waals surface area (Å²) in [6.07, 6.45) is 1.01. The molecule has 0 aliphatic carbocycles. The summed E-state index contributed by atoms with van der Waals surface area (Å²) in [6.45, 7) is 5.95. The number of amides is 1. The monoisotopic (exact) mass is 261 g/mol. The third kappa shape index (κ3) is 4.91. The lowest BCUT2D eigenvalue weighted by atomic mass is 10.2. The van der Waals surface area contributed by atoms with Crippen LogP contribution in [0.4, 0.5) is 4.79 Å². The van der Waals surface area contributed by atoms with Crippen LogP contribution in [0.15, 0.2) is 0 Å². The Morgan fingerprint density at radius 1 is 1.28 bits per heavy atom. The molecule has 1 saturated heterocycles. The zero-order valence-corrected chi connectivity index (χ0v) is 11.7. The molecule has 0 aromatic heterocycles. The molecule has 6 heteroatoms. The van der Waals surface area contributed by atoms with Crippen LogP contribution in [0.1, 0.15) is 33.6 Å². The maximum absolute atomic E-state index is 11.8. The van der Waals surface area contributed by atoms with Gasteiger partial charge in [-0.1, -0.05) is 0 Å². The Morgan fingerprint density at radius 2 is 1.83 bits per heavy atom. The fraction of sp³-hybridized carbons (Fsp3) is 0.833. The van der Waals surface area contributed by atoms with Crippen molar-refractivity contribution in [1.82, 2.24) is 4.90 Å². The average molecular weight is 261 g/mol. The lowest BCUT2D eigenvalue weighted by Gasteiger charge is -2.27. The smallest absolute Gasteiger partial charge is 0.411 e. The number of rotatable bonds is 1. The first kappa shape index (κ1) is 16.7. The van der Waals surface area contributed by atoms with Crippen molar-refractivity contribution in [2.24, 2.45) is 0 Å². The molecule has 18 heavy (non-hydrogen) atoms. The number of likely N-dealkylation sites (tertiary alicyclic amines) is 1. The third-order valence-electron chi connectivity index (χ3n) is 2.35. The second-order valence-electron chi connectivity index (χ2n) is 4.85. The fourth-order valence-electron chi connectivity index (χ4n) is 1.69. The molecule has 0 aromatic carbocycles. The molecule has 0 saturated carbocycles. The van der Waals surface area contributed by atoms with Crippen LogP contribution in [0.25, 0.3) is 0 Å². The molecule has 1 rings (SSSR count). The second-order valence-corrected chi connectivity index (χ2v) is 4.85. The number of nitrogens with zero attached hydrogens (tertiary/aromatic N) is 1. The highest BCUT2D eigenvalue weighted by Gasteiger charge is 2.37. The molecule has 1 atom stereocenters. The van der Waals surface area contributed by atoms with Crippen molar-refractivity contribution >= 4 is 12.1 Å². The van der Waals surface area contributed by atoms with E-state index in [0.29, 0.717) is 13.0 Å². The first-order valence-corrected chi connectivity index (χ1v) is 5.87. The largest absolute Gasteiger partial charge is 0.467 e. The first-order valence-electron chi connectivity index (χ1n) is 5.87. The highest BCUT2D eigenvalue weighted by atomic mass is 16.6. The summed E-state index contributed by atoms with van der Waals surface area (Å²) in [5.41, 5.74) is -0.541. The number of esters is 1.